The molecule has 1 aliphatic heterocycles. The van der Waals surface area contributed by atoms with E-state index in [0.29, 0.717) is 5.16 Å². The average Bonchev–Trinajstić information content (AvgIpc) is 2.79. The summed E-state index contributed by atoms with van der Waals surface area (Å²) in [6.45, 7) is 6.92. The third-order valence-electron chi connectivity index (χ3n) is 5.10. The van der Waals surface area contributed by atoms with Crippen LogP contribution in [0.4, 0.5) is 0 Å². The zero-order valence-electron chi connectivity index (χ0n) is 13.8. The molecule has 1 aliphatic rings. The van der Waals surface area contributed by atoms with Crippen LogP contribution in [0.1, 0.15) is 85.0 Å². The molecule has 1 rings (SSSR count). The highest BCUT2D eigenvalue weighted by molar-refractivity contribution is 7.59. The summed E-state index contributed by atoms with van der Waals surface area (Å²) < 4.78 is 0. The van der Waals surface area contributed by atoms with E-state index in [4.69, 9.17) is 0 Å². The number of unbranched alkanes of at least 4 members (excludes halogenated alkanes) is 3. The summed E-state index contributed by atoms with van der Waals surface area (Å²) in [6, 6.07) is 2.40. The van der Waals surface area contributed by atoms with Crippen molar-refractivity contribution >= 4 is 13.3 Å². The Hall–Kier alpha value is -0.340. The fourth-order valence-corrected chi connectivity index (χ4v) is 7.11. The number of rotatable bonds is 9. The van der Waals surface area contributed by atoms with Crippen molar-refractivity contribution in [1.29, 1.82) is 5.26 Å². The first-order valence-corrected chi connectivity index (χ1v) is 10.3. The molecule has 2 unspecified atom stereocenters. The van der Waals surface area contributed by atoms with Gasteiger partial charge in [0.2, 0.25) is 0 Å². The Kier molecular flexibility index (Phi) is 8.47. The Morgan fingerprint density at radius 2 is 1.70 bits per heavy atom. The highest BCUT2D eigenvalue weighted by Gasteiger charge is 2.44. The van der Waals surface area contributed by atoms with Crippen molar-refractivity contribution < 1.29 is 0 Å². The van der Waals surface area contributed by atoms with Crippen molar-refractivity contribution in [3.8, 4) is 6.07 Å². The molecule has 0 bridgehead atoms. The number of nitrogens with zero attached hydrogens (tertiary/aromatic N) is 1. The van der Waals surface area contributed by atoms with Crippen molar-refractivity contribution in [3.63, 3.8) is 0 Å². The lowest BCUT2D eigenvalue weighted by Gasteiger charge is -2.38. The molecule has 2 heteroatoms. The van der Waals surface area contributed by atoms with Crippen molar-refractivity contribution in [2.45, 2.75) is 90.1 Å². The summed E-state index contributed by atoms with van der Waals surface area (Å²) in [5, 5.41) is 9.70. The summed E-state index contributed by atoms with van der Waals surface area (Å²) in [4.78, 5) is 0. The van der Waals surface area contributed by atoms with Crippen LogP contribution >= 0.6 is 7.55 Å². The van der Waals surface area contributed by atoms with Crippen LogP contribution in [-0.4, -0.2) is 17.1 Å². The van der Waals surface area contributed by atoms with E-state index in [2.05, 4.69) is 26.8 Å². The summed E-state index contributed by atoms with van der Waals surface area (Å²) in [6.07, 6.45) is 14.9. The zero-order chi connectivity index (χ0) is 14.8. The number of hydrogen-bond acceptors (Lipinski definition) is 1. The van der Waals surface area contributed by atoms with Gasteiger partial charge in [0, 0.05) is 11.0 Å². The van der Waals surface area contributed by atoms with Crippen LogP contribution in [-0.2, 0) is 0 Å². The highest BCUT2D eigenvalue weighted by atomic mass is 31.1. The summed E-state index contributed by atoms with van der Waals surface area (Å²) >= 11 is 0. The minimum absolute atomic E-state index is 0.158. The van der Waals surface area contributed by atoms with Crippen LogP contribution in [0.3, 0.4) is 0 Å². The minimum atomic E-state index is -0.158. The largest absolute Gasteiger partial charge is 0.193 e. The van der Waals surface area contributed by atoms with Gasteiger partial charge in [-0.2, -0.15) is 5.26 Å². The predicted molar refractivity (Wildman–Crippen MR) is 92.9 cm³/mol. The maximum atomic E-state index is 9.18. The van der Waals surface area contributed by atoms with Crippen molar-refractivity contribution in [3.05, 3.63) is 0 Å². The minimum Gasteiger partial charge on any atom is -0.193 e. The van der Waals surface area contributed by atoms with Crippen molar-refractivity contribution in [1.82, 2.24) is 0 Å². The third kappa shape index (κ3) is 4.33. The van der Waals surface area contributed by atoms with Gasteiger partial charge in [0.05, 0.1) is 6.07 Å². The molecule has 1 radical (unpaired) electrons. The normalized spacial score (nSPS) is 23.1. The molecule has 1 fully saturated rings. The molecule has 1 saturated heterocycles. The molecule has 1 nitrogen and oxygen atoms in total. The summed E-state index contributed by atoms with van der Waals surface area (Å²) in [5.41, 5.74) is 0. The average molecular weight is 294 g/mol. The van der Waals surface area contributed by atoms with Gasteiger partial charge in [0.25, 0.3) is 0 Å². The third-order valence-corrected chi connectivity index (χ3v) is 8.22. The molecule has 20 heavy (non-hydrogen) atoms. The molecule has 1 heterocycles. The van der Waals surface area contributed by atoms with Gasteiger partial charge in [0.15, 0.2) is 0 Å². The van der Waals surface area contributed by atoms with E-state index in [1.165, 1.54) is 70.4 Å². The molecule has 115 valence electrons. The van der Waals surface area contributed by atoms with Gasteiger partial charge in [-0.3, -0.25) is 0 Å². The van der Waals surface area contributed by atoms with E-state index < -0.39 is 0 Å². The van der Waals surface area contributed by atoms with Gasteiger partial charge in [-0.15, -0.1) is 7.55 Å². The lowest BCUT2D eigenvalue weighted by Crippen LogP contribution is -2.31. The van der Waals surface area contributed by atoms with Crippen LogP contribution in [0.15, 0.2) is 0 Å². The Morgan fingerprint density at radius 1 is 1.10 bits per heavy atom. The molecular weight excluding hydrogens is 261 g/mol. The Morgan fingerprint density at radius 3 is 2.20 bits per heavy atom. The lowest BCUT2D eigenvalue weighted by molar-refractivity contribution is 0.306. The fourth-order valence-electron chi connectivity index (χ4n) is 3.93. The molecule has 0 aliphatic carbocycles. The second kappa shape index (κ2) is 9.57. The summed E-state index contributed by atoms with van der Waals surface area (Å²) in [5.74, 6) is 2.95. The Bertz CT molecular complexity index is 332. The molecule has 0 amide bonds. The number of hydrogen-bond donors (Lipinski definition) is 0. The molecular formula is C18H33NP. The first-order valence-electron chi connectivity index (χ1n) is 8.74. The number of nitriles is 1. The van der Waals surface area contributed by atoms with Crippen LogP contribution < -0.4 is 0 Å². The van der Waals surface area contributed by atoms with Crippen LogP contribution in [0, 0.1) is 17.2 Å². The van der Waals surface area contributed by atoms with Crippen molar-refractivity contribution in [2.24, 2.45) is 5.92 Å². The molecule has 0 aromatic rings. The molecule has 0 saturated carbocycles. The van der Waals surface area contributed by atoms with Crippen LogP contribution in [0.5, 0.6) is 0 Å². The van der Waals surface area contributed by atoms with E-state index >= 15 is 0 Å². The maximum Gasteiger partial charge on any atom is 0.0952 e. The summed E-state index contributed by atoms with van der Waals surface area (Å²) in [7, 11) is -0.158. The van der Waals surface area contributed by atoms with E-state index in [0.717, 1.165) is 5.92 Å². The zero-order valence-corrected chi connectivity index (χ0v) is 14.7. The van der Waals surface area contributed by atoms with E-state index in [9.17, 15) is 5.26 Å². The van der Waals surface area contributed by atoms with Gasteiger partial charge >= 0.3 is 0 Å². The second-order valence-electron chi connectivity index (χ2n) is 6.39. The topological polar surface area (TPSA) is 23.8 Å². The monoisotopic (exact) mass is 294 g/mol. The molecule has 2 atom stereocenters. The lowest BCUT2D eigenvalue weighted by atomic mass is 9.79. The van der Waals surface area contributed by atoms with E-state index in [1.807, 2.05) is 5.80 Å². The van der Waals surface area contributed by atoms with Gasteiger partial charge in [-0.1, -0.05) is 59.3 Å². The molecule has 0 spiro atoms. The first kappa shape index (κ1) is 17.7. The highest BCUT2D eigenvalue weighted by Crippen LogP contribution is 2.60. The quantitative estimate of drug-likeness (QED) is 0.470. The molecule has 0 aromatic heterocycles. The predicted octanol–water partition coefficient (Wildman–Crippen LogP) is 6.12. The maximum absolute atomic E-state index is 9.18. The smallest absolute Gasteiger partial charge is 0.0952 e. The van der Waals surface area contributed by atoms with Crippen LogP contribution in [0.25, 0.3) is 0 Å². The van der Waals surface area contributed by atoms with Gasteiger partial charge in [0.1, 0.15) is 0 Å². The SMILES string of the molecule is CCCCC1CC[P](=CC#N)C1(CCCC)CCCC. The van der Waals surface area contributed by atoms with Crippen LogP contribution in [0.2, 0.25) is 0 Å². The van der Waals surface area contributed by atoms with Crippen molar-refractivity contribution in [2.75, 3.05) is 6.16 Å². The van der Waals surface area contributed by atoms with Gasteiger partial charge in [-0.05, 0) is 37.8 Å². The van der Waals surface area contributed by atoms with Gasteiger partial charge < -0.3 is 0 Å². The fraction of sp³-hybridized carbons (Fsp3) is 0.889. The van der Waals surface area contributed by atoms with E-state index in [1.54, 1.807) is 0 Å². The van der Waals surface area contributed by atoms with Gasteiger partial charge in [-0.25, -0.2) is 0 Å². The second-order valence-corrected chi connectivity index (χ2v) is 8.93. The standard InChI is InChI=1S/C18H33NP/c1-4-7-10-17-11-15-20(16-14-19)18(17,12-8-5-2)13-9-6-3/h16-17H,4-13,15H2,1-3H3. The van der Waals surface area contributed by atoms with E-state index in [-0.39, 0.29) is 7.55 Å². The first-order chi connectivity index (χ1) is 9.75. The Balaban J connectivity index is 2.97. The molecule has 0 N–H and O–H groups in total. The Labute approximate surface area is 127 Å². The molecule has 0 aromatic carbocycles.